The molecule has 0 bridgehead atoms. The first kappa shape index (κ1) is 14.0. The summed E-state index contributed by atoms with van der Waals surface area (Å²) in [6, 6.07) is 4.09. The van der Waals surface area contributed by atoms with Gasteiger partial charge in [0.2, 0.25) is 5.91 Å². The van der Waals surface area contributed by atoms with Gasteiger partial charge in [-0.1, -0.05) is 0 Å². The zero-order valence-electron chi connectivity index (χ0n) is 11.9. The van der Waals surface area contributed by atoms with Crippen molar-refractivity contribution in [2.45, 2.75) is 37.6 Å². The Morgan fingerprint density at radius 1 is 1.42 bits per heavy atom. The number of nitrogens with one attached hydrogen (secondary N) is 1. The number of amides is 1. The zero-order valence-corrected chi connectivity index (χ0v) is 11.9. The van der Waals surface area contributed by atoms with Gasteiger partial charge >= 0.3 is 0 Å². The lowest BCUT2D eigenvalue weighted by Crippen LogP contribution is -2.53. The summed E-state index contributed by atoms with van der Waals surface area (Å²) in [4.78, 5) is 18.1. The second kappa shape index (κ2) is 6.15. The van der Waals surface area contributed by atoms with Gasteiger partial charge in [-0.15, -0.1) is 0 Å². The molecule has 0 spiro atoms. The highest BCUT2D eigenvalue weighted by molar-refractivity contribution is 5.86. The van der Waals surface area contributed by atoms with Crippen molar-refractivity contribution in [2.24, 2.45) is 0 Å². The number of nitrogens with zero attached hydrogens (tertiary/aromatic N) is 2. The average molecular weight is 261 g/mol. The van der Waals surface area contributed by atoms with E-state index in [2.05, 4.69) is 10.3 Å². The molecule has 0 saturated carbocycles. The molecule has 1 aliphatic heterocycles. The highest BCUT2D eigenvalue weighted by Gasteiger charge is 2.41. The number of carbonyl (C=O) groups is 1. The summed E-state index contributed by atoms with van der Waals surface area (Å²) >= 11 is 0. The second-order valence-corrected chi connectivity index (χ2v) is 5.52. The number of rotatable bonds is 5. The Bertz CT molecular complexity index is 411. The third kappa shape index (κ3) is 3.32. The van der Waals surface area contributed by atoms with Gasteiger partial charge in [-0.2, -0.15) is 0 Å². The van der Waals surface area contributed by atoms with Crippen LogP contribution in [0, 0.1) is 0 Å². The molecule has 19 heavy (non-hydrogen) atoms. The third-order valence-corrected chi connectivity index (χ3v) is 3.88. The van der Waals surface area contributed by atoms with E-state index in [0.717, 1.165) is 38.6 Å². The molecule has 1 amide bonds. The number of carbonyl (C=O) groups excluding carboxylic acids is 1. The van der Waals surface area contributed by atoms with Crippen LogP contribution >= 0.6 is 0 Å². The molecular weight excluding hydrogens is 238 g/mol. The summed E-state index contributed by atoms with van der Waals surface area (Å²) in [5, 5.41) is 3.43. The Kier molecular flexibility index (Phi) is 4.53. The van der Waals surface area contributed by atoms with E-state index >= 15 is 0 Å². The Balaban J connectivity index is 1.93. The molecule has 2 heterocycles. The van der Waals surface area contributed by atoms with Crippen molar-refractivity contribution >= 4 is 5.91 Å². The molecule has 0 aliphatic carbocycles. The molecule has 1 aliphatic rings. The molecule has 1 aromatic heterocycles. The minimum absolute atomic E-state index is 0.222. The van der Waals surface area contributed by atoms with Crippen molar-refractivity contribution in [3.8, 4) is 0 Å². The van der Waals surface area contributed by atoms with Crippen LogP contribution in [-0.2, 0) is 11.2 Å². The molecule has 4 nitrogen and oxygen atoms in total. The standard InChI is InChI=1S/C15H23N3O/c1-18(2)14(19)15(9-4-10-17-15)8-3-5-13-6-11-16-12-7-13/h6-7,11-12,17H,3-5,8-10H2,1-2H3/t15-/m1/s1. The molecule has 4 heteroatoms. The molecule has 0 radical (unpaired) electrons. The van der Waals surface area contributed by atoms with E-state index in [-0.39, 0.29) is 11.4 Å². The monoisotopic (exact) mass is 261 g/mol. The van der Waals surface area contributed by atoms with E-state index in [0.29, 0.717) is 0 Å². The number of hydrogen-bond donors (Lipinski definition) is 1. The fourth-order valence-electron chi connectivity index (χ4n) is 2.88. The van der Waals surface area contributed by atoms with Crippen LogP contribution in [0.5, 0.6) is 0 Å². The number of aromatic nitrogens is 1. The lowest BCUT2D eigenvalue weighted by Gasteiger charge is -2.31. The van der Waals surface area contributed by atoms with Crippen LogP contribution < -0.4 is 5.32 Å². The van der Waals surface area contributed by atoms with Crippen LogP contribution in [0.3, 0.4) is 0 Å². The molecule has 1 aromatic rings. The average Bonchev–Trinajstić information content (AvgIpc) is 2.89. The first-order chi connectivity index (χ1) is 9.14. The van der Waals surface area contributed by atoms with Crippen LogP contribution in [0.4, 0.5) is 0 Å². The lowest BCUT2D eigenvalue weighted by molar-refractivity contribution is -0.135. The SMILES string of the molecule is CN(C)C(=O)[C@@]1(CCCc2ccncc2)CCCN1. The molecule has 2 rings (SSSR count). The van der Waals surface area contributed by atoms with Gasteiger partial charge in [0.1, 0.15) is 0 Å². The van der Waals surface area contributed by atoms with Crippen LogP contribution in [0.1, 0.15) is 31.2 Å². The largest absolute Gasteiger partial charge is 0.347 e. The van der Waals surface area contributed by atoms with Crippen molar-refractivity contribution in [2.75, 3.05) is 20.6 Å². The van der Waals surface area contributed by atoms with Gasteiger partial charge < -0.3 is 10.2 Å². The fourth-order valence-corrected chi connectivity index (χ4v) is 2.88. The van der Waals surface area contributed by atoms with E-state index in [1.807, 2.05) is 38.6 Å². The van der Waals surface area contributed by atoms with Crippen LogP contribution in [0.25, 0.3) is 0 Å². The minimum atomic E-state index is -0.323. The van der Waals surface area contributed by atoms with E-state index < -0.39 is 0 Å². The summed E-state index contributed by atoms with van der Waals surface area (Å²) in [7, 11) is 3.68. The summed E-state index contributed by atoms with van der Waals surface area (Å²) in [6.07, 6.45) is 8.64. The van der Waals surface area contributed by atoms with Crippen LogP contribution in [0.15, 0.2) is 24.5 Å². The highest BCUT2D eigenvalue weighted by atomic mass is 16.2. The summed E-state index contributed by atoms with van der Waals surface area (Å²) in [5.41, 5.74) is 0.969. The molecule has 1 fully saturated rings. The summed E-state index contributed by atoms with van der Waals surface area (Å²) in [6.45, 7) is 0.953. The van der Waals surface area contributed by atoms with E-state index in [1.165, 1.54) is 5.56 Å². The number of pyridine rings is 1. The maximum Gasteiger partial charge on any atom is 0.242 e. The number of aryl methyl sites for hydroxylation is 1. The maximum atomic E-state index is 12.4. The van der Waals surface area contributed by atoms with E-state index in [1.54, 1.807) is 4.90 Å². The van der Waals surface area contributed by atoms with Gasteiger partial charge in [0.25, 0.3) is 0 Å². The smallest absolute Gasteiger partial charge is 0.242 e. The minimum Gasteiger partial charge on any atom is -0.347 e. The van der Waals surface area contributed by atoms with Crippen molar-refractivity contribution in [1.29, 1.82) is 0 Å². The normalized spacial score (nSPS) is 22.4. The second-order valence-electron chi connectivity index (χ2n) is 5.52. The zero-order chi connectivity index (χ0) is 13.7. The van der Waals surface area contributed by atoms with Gasteiger partial charge in [-0.3, -0.25) is 9.78 Å². The predicted octanol–water partition coefficient (Wildman–Crippen LogP) is 1.61. The van der Waals surface area contributed by atoms with Crippen molar-refractivity contribution in [3.63, 3.8) is 0 Å². The van der Waals surface area contributed by atoms with Crippen molar-refractivity contribution in [1.82, 2.24) is 15.2 Å². The third-order valence-electron chi connectivity index (χ3n) is 3.88. The predicted molar refractivity (Wildman–Crippen MR) is 75.8 cm³/mol. The first-order valence-corrected chi connectivity index (χ1v) is 7.00. The highest BCUT2D eigenvalue weighted by Crippen LogP contribution is 2.27. The Labute approximate surface area is 115 Å². The molecule has 1 N–H and O–H groups in total. The van der Waals surface area contributed by atoms with Gasteiger partial charge in [-0.05, 0) is 56.3 Å². The van der Waals surface area contributed by atoms with E-state index in [4.69, 9.17) is 0 Å². The topological polar surface area (TPSA) is 45.2 Å². The van der Waals surface area contributed by atoms with Crippen LogP contribution in [-0.4, -0.2) is 42.0 Å². The molecular formula is C15H23N3O. The molecule has 104 valence electrons. The summed E-state index contributed by atoms with van der Waals surface area (Å²) in [5.74, 6) is 0.222. The first-order valence-electron chi connectivity index (χ1n) is 7.00. The van der Waals surface area contributed by atoms with Crippen molar-refractivity contribution in [3.05, 3.63) is 30.1 Å². The van der Waals surface area contributed by atoms with Crippen molar-refractivity contribution < 1.29 is 4.79 Å². The lowest BCUT2D eigenvalue weighted by atomic mass is 9.88. The number of hydrogen-bond acceptors (Lipinski definition) is 3. The summed E-state index contributed by atoms with van der Waals surface area (Å²) < 4.78 is 0. The fraction of sp³-hybridized carbons (Fsp3) is 0.600. The van der Waals surface area contributed by atoms with E-state index in [9.17, 15) is 4.79 Å². The van der Waals surface area contributed by atoms with Gasteiger partial charge in [-0.25, -0.2) is 0 Å². The quantitative estimate of drug-likeness (QED) is 0.876. The number of likely N-dealkylation sites (N-methyl/N-ethyl adjacent to an activating group) is 1. The Morgan fingerprint density at radius 2 is 2.16 bits per heavy atom. The van der Waals surface area contributed by atoms with Gasteiger partial charge in [0.15, 0.2) is 0 Å². The van der Waals surface area contributed by atoms with Crippen LogP contribution in [0.2, 0.25) is 0 Å². The molecule has 1 saturated heterocycles. The Morgan fingerprint density at radius 3 is 2.74 bits per heavy atom. The Hall–Kier alpha value is -1.42. The molecule has 1 atom stereocenters. The molecule has 0 aromatic carbocycles. The maximum absolute atomic E-state index is 12.4. The van der Waals surface area contributed by atoms with Gasteiger partial charge in [0.05, 0.1) is 5.54 Å². The van der Waals surface area contributed by atoms with Gasteiger partial charge in [0, 0.05) is 26.5 Å². The molecule has 0 unspecified atom stereocenters.